The Hall–Kier alpha value is -2.15. The van der Waals surface area contributed by atoms with Crippen LogP contribution >= 0.6 is 0 Å². The summed E-state index contributed by atoms with van der Waals surface area (Å²) in [6.07, 6.45) is 6.45. The van der Waals surface area contributed by atoms with E-state index in [2.05, 4.69) is 15.2 Å². The molecule has 7 heteroatoms. The van der Waals surface area contributed by atoms with Gasteiger partial charge in [0.25, 0.3) is 0 Å². The summed E-state index contributed by atoms with van der Waals surface area (Å²) in [6.45, 7) is 6.83. The number of aromatic nitrogens is 1. The molecule has 2 fully saturated rings. The van der Waals surface area contributed by atoms with Gasteiger partial charge in [-0.3, -0.25) is 14.7 Å². The van der Waals surface area contributed by atoms with Gasteiger partial charge in [-0.25, -0.2) is 4.79 Å². The van der Waals surface area contributed by atoms with Crippen molar-refractivity contribution in [3.63, 3.8) is 0 Å². The van der Waals surface area contributed by atoms with Crippen LogP contribution in [-0.2, 0) is 4.79 Å². The maximum absolute atomic E-state index is 12.7. The molecule has 1 aromatic rings. The van der Waals surface area contributed by atoms with Crippen LogP contribution in [0, 0.1) is 6.92 Å². The van der Waals surface area contributed by atoms with E-state index in [1.807, 2.05) is 26.0 Å². The molecule has 3 N–H and O–H groups in total. The Morgan fingerprint density at radius 2 is 1.81 bits per heavy atom. The summed E-state index contributed by atoms with van der Waals surface area (Å²) in [6, 6.07) is 3.71. The van der Waals surface area contributed by atoms with E-state index in [0.29, 0.717) is 25.9 Å². The molecular weight excluding hydrogens is 342 g/mol. The highest BCUT2D eigenvalue weighted by atomic mass is 16.2. The van der Waals surface area contributed by atoms with Gasteiger partial charge in [0.1, 0.15) is 5.54 Å². The van der Waals surface area contributed by atoms with Crippen molar-refractivity contribution in [3.8, 4) is 0 Å². The third-order valence-electron chi connectivity index (χ3n) is 6.07. The van der Waals surface area contributed by atoms with Gasteiger partial charge in [0.2, 0.25) is 5.91 Å². The van der Waals surface area contributed by atoms with Crippen LogP contribution in [0.3, 0.4) is 0 Å². The van der Waals surface area contributed by atoms with Gasteiger partial charge in [0.05, 0.1) is 6.04 Å². The van der Waals surface area contributed by atoms with Crippen molar-refractivity contribution >= 4 is 11.9 Å². The van der Waals surface area contributed by atoms with Gasteiger partial charge in [-0.1, -0.05) is 12.5 Å². The third-order valence-corrected chi connectivity index (χ3v) is 6.07. The second-order valence-corrected chi connectivity index (χ2v) is 7.83. The van der Waals surface area contributed by atoms with Crippen molar-refractivity contribution in [2.45, 2.75) is 57.5 Å². The molecule has 0 aliphatic carbocycles. The number of primary amides is 1. The molecule has 3 rings (SSSR count). The molecule has 1 aromatic heterocycles. The predicted octanol–water partition coefficient (Wildman–Crippen LogP) is 1.97. The zero-order valence-electron chi connectivity index (χ0n) is 16.4. The zero-order valence-corrected chi connectivity index (χ0v) is 16.4. The fraction of sp³-hybridized carbons (Fsp3) is 0.650. The fourth-order valence-electron chi connectivity index (χ4n) is 4.22. The summed E-state index contributed by atoms with van der Waals surface area (Å²) in [7, 11) is 0. The lowest BCUT2D eigenvalue weighted by Crippen LogP contribution is -2.64. The molecule has 3 heterocycles. The van der Waals surface area contributed by atoms with Crippen LogP contribution in [0.1, 0.15) is 56.3 Å². The number of amides is 3. The SMILES string of the molecule is Cc1ccc(C(C)NC(=O)N2CCC(C(N)=O)(N3CCCCC3)CC2)cn1. The highest BCUT2D eigenvalue weighted by Gasteiger charge is 2.45. The van der Waals surface area contributed by atoms with Crippen LogP contribution in [0.2, 0.25) is 0 Å². The number of pyridine rings is 1. The number of nitrogens with one attached hydrogen (secondary N) is 1. The van der Waals surface area contributed by atoms with Crippen molar-refractivity contribution in [1.29, 1.82) is 0 Å². The van der Waals surface area contributed by atoms with Crippen LogP contribution < -0.4 is 11.1 Å². The molecule has 2 aliphatic heterocycles. The number of carbonyl (C=O) groups excluding carboxylic acids is 2. The smallest absolute Gasteiger partial charge is 0.317 e. The van der Waals surface area contributed by atoms with Crippen molar-refractivity contribution in [2.24, 2.45) is 5.73 Å². The van der Waals surface area contributed by atoms with Crippen molar-refractivity contribution in [3.05, 3.63) is 29.6 Å². The maximum atomic E-state index is 12.7. The standard InChI is InChI=1S/C20H31N5O2/c1-15-6-7-17(14-22-15)16(2)23-19(27)24-12-8-20(9-13-24,18(21)26)25-10-4-3-5-11-25/h6-7,14,16H,3-5,8-13H2,1-2H3,(H2,21,26)(H,23,27). The molecule has 1 unspecified atom stereocenters. The molecule has 0 spiro atoms. The first-order chi connectivity index (χ1) is 12.9. The van der Waals surface area contributed by atoms with Crippen molar-refractivity contribution < 1.29 is 9.59 Å². The van der Waals surface area contributed by atoms with Crippen LogP contribution in [0.25, 0.3) is 0 Å². The van der Waals surface area contributed by atoms with E-state index in [9.17, 15) is 9.59 Å². The Labute approximate surface area is 161 Å². The van der Waals surface area contributed by atoms with E-state index in [1.54, 1.807) is 11.1 Å². The van der Waals surface area contributed by atoms with E-state index in [0.717, 1.165) is 37.2 Å². The summed E-state index contributed by atoms with van der Waals surface area (Å²) >= 11 is 0. The Morgan fingerprint density at radius 1 is 1.15 bits per heavy atom. The molecule has 148 valence electrons. The number of hydrogen-bond acceptors (Lipinski definition) is 4. The molecule has 0 bridgehead atoms. The lowest BCUT2D eigenvalue weighted by Gasteiger charge is -2.48. The van der Waals surface area contributed by atoms with Gasteiger partial charge in [0.15, 0.2) is 0 Å². The lowest BCUT2D eigenvalue weighted by atomic mass is 9.83. The molecule has 27 heavy (non-hydrogen) atoms. The summed E-state index contributed by atoms with van der Waals surface area (Å²) in [5, 5.41) is 3.04. The van der Waals surface area contributed by atoms with Crippen LogP contribution in [0.15, 0.2) is 18.3 Å². The highest BCUT2D eigenvalue weighted by molar-refractivity contribution is 5.85. The molecule has 0 radical (unpaired) electrons. The molecule has 0 aromatic carbocycles. The number of piperidine rings is 2. The number of nitrogens with zero attached hydrogens (tertiary/aromatic N) is 3. The molecule has 2 saturated heterocycles. The molecule has 2 aliphatic rings. The first-order valence-corrected chi connectivity index (χ1v) is 9.95. The summed E-state index contributed by atoms with van der Waals surface area (Å²) < 4.78 is 0. The molecule has 3 amide bonds. The second-order valence-electron chi connectivity index (χ2n) is 7.83. The van der Waals surface area contributed by atoms with Gasteiger partial charge in [-0.15, -0.1) is 0 Å². The Morgan fingerprint density at radius 3 is 2.37 bits per heavy atom. The first kappa shape index (κ1) is 19.6. The lowest BCUT2D eigenvalue weighted by molar-refractivity contribution is -0.134. The van der Waals surface area contributed by atoms with Crippen molar-refractivity contribution in [1.82, 2.24) is 20.1 Å². The number of rotatable bonds is 4. The van der Waals surface area contributed by atoms with Gasteiger partial charge in [0, 0.05) is 25.0 Å². The average molecular weight is 374 g/mol. The summed E-state index contributed by atoms with van der Waals surface area (Å²) in [4.78, 5) is 33.3. The average Bonchev–Trinajstić information content (AvgIpc) is 2.69. The number of likely N-dealkylation sites (tertiary alicyclic amines) is 2. The number of urea groups is 1. The number of carbonyl (C=O) groups is 2. The van der Waals surface area contributed by atoms with E-state index < -0.39 is 5.54 Å². The quantitative estimate of drug-likeness (QED) is 0.844. The maximum Gasteiger partial charge on any atom is 0.317 e. The van der Waals surface area contributed by atoms with E-state index in [4.69, 9.17) is 5.73 Å². The molecular formula is C20H31N5O2. The minimum Gasteiger partial charge on any atom is -0.368 e. The van der Waals surface area contributed by atoms with Gasteiger partial charge in [-0.2, -0.15) is 0 Å². The van der Waals surface area contributed by atoms with Gasteiger partial charge in [-0.05, 0) is 64.3 Å². The van der Waals surface area contributed by atoms with Crippen LogP contribution in [0.5, 0.6) is 0 Å². The summed E-state index contributed by atoms with van der Waals surface area (Å²) in [5.74, 6) is -0.247. The topological polar surface area (TPSA) is 91.6 Å². The fourth-order valence-corrected chi connectivity index (χ4v) is 4.22. The number of nitrogens with two attached hydrogens (primary N) is 1. The largest absolute Gasteiger partial charge is 0.368 e. The van der Waals surface area contributed by atoms with Gasteiger partial charge < -0.3 is 16.0 Å². The van der Waals surface area contributed by atoms with E-state index >= 15 is 0 Å². The summed E-state index contributed by atoms with van der Waals surface area (Å²) in [5.41, 5.74) is 7.15. The van der Waals surface area contributed by atoms with Crippen molar-refractivity contribution in [2.75, 3.05) is 26.2 Å². The monoisotopic (exact) mass is 373 g/mol. The number of hydrogen-bond donors (Lipinski definition) is 2. The minimum atomic E-state index is -0.594. The second kappa shape index (κ2) is 8.25. The van der Waals surface area contributed by atoms with Crippen LogP contribution in [-0.4, -0.2) is 58.4 Å². The third kappa shape index (κ3) is 4.24. The highest BCUT2D eigenvalue weighted by Crippen LogP contribution is 2.31. The zero-order chi connectivity index (χ0) is 19.4. The van der Waals surface area contributed by atoms with E-state index in [1.165, 1.54) is 6.42 Å². The molecule has 1 atom stereocenters. The molecule has 7 nitrogen and oxygen atoms in total. The molecule has 0 saturated carbocycles. The Kier molecular flexibility index (Phi) is 5.99. The number of aryl methyl sites for hydroxylation is 1. The Balaban J connectivity index is 1.59. The predicted molar refractivity (Wildman–Crippen MR) is 104 cm³/mol. The van der Waals surface area contributed by atoms with E-state index in [-0.39, 0.29) is 18.0 Å². The van der Waals surface area contributed by atoms with Gasteiger partial charge >= 0.3 is 6.03 Å². The minimum absolute atomic E-state index is 0.0974. The van der Waals surface area contributed by atoms with Crippen LogP contribution in [0.4, 0.5) is 4.79 Å². The first-order valence-electron chi connectivity index (χ1n) is 9.95. The normalized spacial score (nSPS) is 21.5. The Bertz CT molecular complexity index is 661.